The Labute approximate surface area is 122 Å². The van der Waals surface area contributed by atoms with E-state index in [1.807, 2.05) is 32.2 Å². The molecule has 2 rings (SSSR count). The van der Waals surface area contributed by atoms with Crippen LogP contribution in [0.1, 0.15) is 36.2 Å². The Bertz CT molecular complexity index is 571. The Morgan fingerprint density at radius 1 is 1.45 bits per heavy atom. The maximum Gasteiger partial charge on any atom is 0.165 e. The van der Waals surface area contributed by atoms with Gasteiger partial charge < -0.3 is 10.1 Å². The number of aromatic nitrogens is 1. The molecule has 108 valence electrons. The topological polar surface area (TPSA) is 34.1 Å². The number of ether oxygens (including phenoxy) is 1. The second kappa shape index (κ2) is 6.81. The SMILES string of the molecule is CCNC(C)c1ccc(OCc2nc(C)cs2)c(F)c1. The van der Waals surface area contributed by atoms with Gasteiger partial charge in [0.25, 0.3) is 0 Å². The van der Waals surface area contributed by atoms with Crippen molar-refractivity contribution in [1.82, 2.24) is 10.3 Å². The number of rotatable bonds is 6. The van der Waals surface area contributed by atoms with Crippen molar-refractivity contribution in [1.29, 1.82) is 0 Å². The van der Waals surface area contributed by atoms with Crippen molar-refractivity contribution >= 4 is 11.3 Å². The van der Waals surface area contributed by atoms with E-state index in [0.29, 0.717) is 6.61 Å². The van der Waals surface area contributed by atoms with Gasteiger partial charge in [0.05, 0.1) is 0 Å². The average molecular weight is 294 g/mol. The summed E-state index contributed by atoms with van der Waals surface area (Å²) in [5.41, 5.74) is 1.88. The fraction of sp³-hybridized carbons (Fsp3) is 0.400. The number of nitrogens with one attached hydrogen (secondary N) is 1. The van der Waals surface area contributed by atoms with Gasteiger partial charge in [-0.2, -0.15) is 0 Å². The highest BCUT2D eigenvalue weighted by Crippen LogP contribution is 2.23. The van der Waals surface area contributed by atoms with E-state index in [2.05, 4.69) is 10.3 Å². The van der Waals surface area contributed by atoms with E-state index in [-0.39, 0.29) is 17.6 Å². The standard InChI is InChI=1S/C15H19FN2OS/c1-4-17-11(3)12-5-6-14(13(16)7-12)19-8-15-18-10(2)9-20-15/h5-7,9,11,17H,4,8H2,1-3H3. The molecule has 0 amide bonds. The van der Waals surface area contributed by atoms with Gasteiger partial charge >= 0.3 is 0 Å². The van der Waals surface area contributed by atoms with Crippen molar-refractivity contribution in [2.45, 2.75) is 33.4 Å². The molecule has 5 heteroatoms. The van der Waals surface area contributed by atoms with Crippen molar-refractivity contribution < 1.29 is 9.13 Å². The van der Waals surface area contributed by atoms with Gasteiger partial charge in [0.2, 0.25) is 0 Å². The zero-order chi connectivity index (χ0) is 14.5. The van der Waals surface area contributed by atoms with Crippen LogP contribution in [0.4, 0.5) is 4.39 Å². The lowest BCUT2D eigenvalue weighted by molar-refractivity contribution is 0.289. The molecule has 1 aromatic carbocycles. The van der Waals surface area contributed by atoms with Crippen molar-refractivity contribution in [2.75, 3.05) is 6.54 Å². The number of benzene rings is 1. The highest BCUT2D eigenvalue weighted by molar-refractivity contribution is 7.09. The van der Waals surface area contributed by atoms with E-state index in [1.54, 1.807) is 6.07 Å². The Hall–Kier alpha value is -1.46. The normalized spacial score (nSPS) is 12.4. The predicted molar refractivity (Wildman–Crippen MR) is 79.7 cm³/mol. The molecule has 0 fully saturated rings. The van der Waals surface area contributed by atoms with Gasteiger partial charge in [0.15, 0.2) is 11.6 Å². The van der Waals surface area contributed by atoms with Crippen molar-refractivity contribution in [3.8, 4) is 5.75 Å². The van der Waals surface area contributed by atoms with Gasteiger partial charge in [-0.25, -0.2) is 9.37 Å². The van der Waals surface area contributed by atoms with Crippen molar-refractivity contribution in [3.05, 3.63) is 45.7 Å². The molecular formula is C15H19FN2OS. The minimum Gasteiger partial charge on any atom is -0.483 e. The monoisotopic (exact) mass is 294 g/mol. The van der Waals surface area contributed by atoms with Gasteiger partial charge in [-0.05, 0) is 38.1 Å². The summed E-state index contributed by atoms with van der Waals surface area (Å²) in [5.74, 6) is -0.0640. The third kappa shape index (κ3) is 3.77. The lowest BCUT2D eigenvalue weighted by Crippen LogP contribution is -2.17. The molecule has 0 aliphatic rings. The smallest absolute Gasteiger partial charge is 0.165 e. The summed E-state index contributed by atoms with van der Waals surface area (Å²) in [7, 11) is 0. The highest BCUT2D eigenvalue weighted by Gasteiger charge is 2.10. The second-order valence-electron chi connectivity index (χ2n) is 4.64. The Morgan fingerprint density at radius 3 is 2.85 bits per heavy atom. The fourth-order valence-corrected chi connectivity index (χ4v) is 2.62. The summed E-state index contributed by atoms with van der Waals surface area (Å²) in [4.78, 5) is 4.29. The van der Waals surface area contributed by atoms with Crippen LogP contribution in [0.3, 0.4) is 0 Å². The number of nitrogens with zero attached hydrogens (tertiary/aromatic N) is 1. The van der Waals surface area contributed by atoms with Crippen LogP contribution in [0.25, 0.3) is 0 Å². The van der Waals surface area contributed by atoms with Crippen LogP contribution >= 0.6 is 11.3 Å². The first-order valence-corrected chi connectivity index (χ1v) is 7.54. The number of hydrogen-bond acceptors (Lipinski definition) is 4. The van der Waals surface area contributed by atoms with Crippen molar-refractivity contribution in [3.63, 3.8) is 0 Å². The summed E-state index contributed by atoms with van der Waals surface area (Å²) in [6, 6.07) is 5.22. The summed E-state index contributed by atoms with van der Waals surface area (Å²) >= 11 is 1.52. The summed E-state index contributed by atoms with van der Waals surface area (Å²) in [5, 5.41) is 6.06. The molecule has 0 aliphatic heterocycles. The number of halogens is 1. The first-order chi connectivity index (χ1) is 9.60. The molecule has 1 N–H and O–H groups in total. The zero-order valence-electron chi connectivity index (χ0n) is 11.9. The van der Waals surface area contributed by atoms with Gasteiger partial charge in [-0.3, -0.25) is 0 Å². The Kier molecular flexibility index (Phi) is 5.09. The van der Waals surface area contributed by atoms with E-state index in [9.17, 15) is 4.39 Å². The summed E-state index contributed by atoms with van der Waals surface area (Å²) < 4.78 is 19.5. The van der Waals surface area contributed by atoms with E-state index in [0.717, 1.165) is 22.8 Å². The molecule has 0 radical (unpaired) electrons. The average Bonchev–Trinajstić information content (AvgIpc) is 2.83. The van der Waals surface area contributed by atoms with E-state index < -0.39 is 0 Å². The van der Waals surface area contributed by atoms with Gasteiger partial charge in [-0.15, -0.1) is 11.3 Å². The Morgan fingerprint density at radius 2 is 2.25 bits per heavy atom. The largest absolute Gasteiger partial charge is 0.483 e. The minimum absolute atomic E-state index is 0.130. The molecule has 1 heterocycles. The second-order valence-corrected chi connectivity index (χ2v) is 5.58. The molecule has 1 aromatic heterocycles. The molecule has 20 heavy (non-hydrogen) atoms. The quantitative estimate of drug-likeness (QED) is 0.879. The molecule has 1 unspecified atom stereocenters. The number of hydrogen-bond donors (Lipinski definition) is 1. The molecule has 0 spiro atoms. The zero-order valence-corrected chi connectivity index (χ0v) is 12.8. The van der Waals surface area contributed by atoms with Gasteiger partial charge in [0.1, 0.15) is 11.6 Å². The molecule has 0 saturated heterocycles. The number of thiazole rings is 1. The van der Waals surface area contributed by atoms with Crippen LogP contribution in [0.15, 0.2) is 23.6 Å². The summed E-state index contributed by atoms with van der Waals surface area (Å²) in [6.07, 6.45) is 0. The molecule has 3 nitrogen and oxygen atoms in total. The third-order valence-electron chi connectivity index (χ3n) is 2.98. The summed E-state index contributed by atoms with van der Waals surface area (Å²) in [6.45, 7) is 7.12. The van der Waals surface area contributed by atoms with Crippen LogP contribution < -0.4 is 10.1 Å². The van der Waals surface area contributed by atoms with E-state index in [1.165, 1.54) is 17.4 Å². The van der Waals surface area contributed by atoms with Gasteiger partial charge in [0, 0.05) is 17.1 Å². The molecule has 0 aliphatic carbocycles. The first kappa shape index (κ1) is 14.9. The molecule has 1 atom stereocenters. The lowest BCUT2D eigenvalue weighted by Gasteiger charge is -2.14. The highest BCUT2D eigenvalue weighted by atomic mass is 32.1. The maximum atomic E-state index is 14.0. The molecule has 0 saturated carbocycles. The van der Waals surface area contributed by atoms with E-state index in [4.69, 9.17) is 4.74 Å². The van der Waals surface area contributed by atoms with Crippen LogP contribution in [0, 0.1) is 12.7 Å². The predicted octanol–water partition coefficient (Wildman–Crippen LogP) is 3.84. The minimum atomic E-state index is -0.333. The molecular weight excluding hydrogens is 275 g/mol. The maximum absolute atomic E-state index is 14.0. The first-order valence-electron chi connectivity index (χ1n) is 6.66. The van der Waals surface area contributed by atoms with E-state index >= 15 is 0 Å². The van der Waals surface area contributed by atoms with Crippen LogP contribution in [-0.2, 0) is 6.61 Å². The molecule has 0 bridgehead atoms. The van der Waals surface area contributed by atoms with Crippen LogP contribution in [0.5, 0.6) is 5.75 Å². The van der Waals surface area contributed by atoms with Gasteiger partial charge in [-0.1, -0.05) is 13.0 Å². The lowest BCUT2D eigenvalue weighted by atomic mass is 10.1. The van der Waals surface area contributed by atoms with Crippen molar-refractivity contribution in [2.24, 2.45) is 0 Å². The third-order valence-corrected chi connectivity index (χ3v) is 3.92. The van der Waals surface area contributed by atoms with Crippen LogP contribution in [0.2, 0.25) is 0 Å². The fourth-order valence-electron chi connectivity index (χ4n) is 1.94. The molecule has 2 aromatic rings. The Balaban J connectivity index is 2.02. The number of aryl methyl sites for hydroxylation is 1. The van der Waals surface area contributed by atoms with Crippen LogP contribution in [-0.4, -0.2) is 11.5 Å².